The lowest BCUT2D eigenvalue weighted by atomic mass is 9.72. The number of pyridine rings is 1. The molecule has 0 bridgehead atoms. The minimum absolute atomic E-state index is 0.00200. The number of aromatic carboxylic acids is 1. The highest BCUT2D eigenvalue weighted by Crippen LogP contribution is 2.51. The summed E-state index contributed by atoms with van der Waals surface area (Å²) >= 11 is 0. The van der Waals surface area contributed by atoms with Crippen molar-refractivity contribution in [2.24, 2.45) is 10.4 Å². The lowest BCUT2D eigenvalue weighted by Gasteiger charge is -2.33. The molecule has 2 heterocycles. The van der Waals surface area contributed by atoms with Gasteiger partial charge in [-0.2, -0.15) is 22.1 Å². The van der Waals surface area contributed by atoms with Crippen LogP contribution in [0.3, 0.4) is 0 Å². The number of ketones is 1. The fourth-order valence-corrected chi connectivity index (χ4v) is 11.0. The Morgan fingerprint density at radius 2 is 1.54 bits per heavy atom. The van der Waals surface area contributed by atoms with Gasteiger partial charge in [0.05, 0.1) is 45.5 Å². The van der Waals surface area contributed by atoms with Gasteiger partial charge in [-0.15, -0.1) is 0 Å². The molecule has 0 atom stereocenters. The first-order valence-corrected chi connectivity index (χ1v) is 25.1. The number of nitrogens with zero attached hydrogens (tertiary/aromatic N) is 3. The Balaban J connectivity index is 1.47. The Hall–Kier alpha value is -7.22. The van der Waals surface area contributed by atoms with Crippen LogP contribution in [0, 0.1) is 16.7 Å². The van der Waals surface area contributed by atoms with E-state index >= 15 is 0 Å². The number of ether oxygens (including phenoxy) is 1. The molecule has 0 spiro atoms. The number of nitriles is 1. The number of benzene rings is 5. The molecule has 0 unspecified atom stereocenters. The summed E-state index contributed by atoms with van der Waals surface area (Å²) < 4.78 is 108. The number of fused-ring (bicyclic) bond motifs is 3. The van der Waals surface area contributed by atoms with Crippen LogP contribution < -0.4 is 20.1 Å². The van der Waals surface area contributed by atoms with Gasteiger partial charge in [0.1, 0.15) is 26.9 Å². The van der Waals surface area contributed by atoms with Crippen LogP contribution in [0.25, 0.3) is 22.0 Å². The Morgan fingerprint density at radius 1 is 0.853 bits per heavy atom. The standard InChI is InChI=1S/C47H42N6O12S3/c1-46(2,3)24-47(4,5)26-12-18-33(36(22-26)68(62,63)64)65-34-23-32(50-27-13-15-28(16-14-27)67(59,60)61)38-39-37(29-9-6-7-10-30(29)42(38)54)40(43(52-41(34)39)49-20-8-19-48)44-51-31-17-11-25(45(55)56)21-35(31)66(57,58)53-44/h6-7,9-18,21-23,50H,8,20,24H2,1-5H3,(H,49,52)(H,51,53)(H,55,56)(H,59,60,61)(H,62,63,64). The van der Waals surface area contributed by atoms with E-state index in [1.807, 2.05) is 40.7 Å². The zero-order valence-corrected chi connectivity index (χ0v) is 39.3. The first-order chi connectivity index (χ1) is 31.8. The van der Waals surface area contributed by atoms with Crippen molar-refractivity contribution in [2.75, 3.05) is 17.2 Å². The molecule has 1 aliphatic heterocycles. The molecular formula is C47H42N6O12S3. The van der Waals surface area contributed by atoms with Crippen molar-refractivity contribution in [2.45, 2.75) is 67.6 Å². The van der Waals surface area contributed by atoms with Crippen LogP contribution in [0.15, 0.2) is 111 Å². The maximum absolute atomic E-state index is 14.9. The molecule has 68 heavy (non-hydrogen) atoms. The third-order valence-electron chi connectivity index (χ3n) is 11.2. The van der Waals surface area contributed by atoms with E-state index in [4.69, 9.17) is 9.72 Å². The summed E-state index contributed by atoms with van der Waals surface area (Å²) in [4.78, 5) is 34.9. The second-order valence-corrected chi connectivity index (χ2v) is 22.4. The average Bonchev–Trinajstić information content (AvgIpc) is 3.24. The Kier molecular flexibility index (Phi) is 11.7. The van der Waals surface area contributed by atoms with Crippen molar-refractivity contribution in [3.63, 3.8) is 0 Å². The lowest BCUT2D eigenvalue weighted by molar-refractivity contribution is 0.0696. The predicted octanol–water partition coefficient (Wildman–Crippen LogP) is 8.58. The van der Waals surface area contributed by atoms with Gasteiger partial charge in [-0.05, 0) is 83.0 Å². The quantitative estimate of drug-likeness (QED) is 0.0466. The van der Waals surface area contributed by atoms with Gasteiger partial charge in [-0.3, -0.25) is 18.6 Å². The first-order valence-electron chi connectivity index (χ1n) is 20.7. The first kappa shape index (κ1) is 47.3. The number of nitrogens with one attached hydrogen (secondary N) is 3. The van der Waals surface area contributed by atoms with Crippen molar-refractivity contribution < 1.29 is 53.8 Å². The minimum atomic E-state index is -5.00. The summed E-state index contributed by atoms with van der Waals surface area (Å²) in [5.41, 5.74) is 0.0705. The molecule has 1 aromatic heterocycles. The highest BCUT2D eigenvalue weighted by Gasteiger charge is 2.38. The van der Waals surface area contributed by atoms with E-state index in [-0.39, 0.29) is 103 Å². The smallest absolute Gasteiger partial charge is 0.335 e. The van der Waals surface area contributed by atoms with Gasteiger partial charge in [-0.25, -0.2) is 23.2 Å². The van der Waals surface area contributed by atoms with Crippen LogP contribution in [0.1, 0.15) is 84.9 Å². The van der Waals surface area contributed by atoms with Crippen molar-refractivity contribution in [3.8, 4) is 28.7 Å². The molecule has 18 nitrogen and oxygen atoms in total. The monoisotopic (exact) mass is 978 g/mol. The third kappa shape index (κ3) is 8.99. The number of carbonyl (C=O) groups excluding carboxylic acids is 1. The topological polar surface area (TPSA) is 292 Å². The molecule has 0 radical (unpaired) electrons. The number of carbonyl (C=O) groups is 2. The Morgan fingerprint density at radius 3 is 2.18 bits per heavy atom. The van der Waals surface area contributed by atoms with Crippen LogP contribution in [0.5, 0.6) is 11.5 Å². The largest absolute Gasteiger partial charge is 0.478 e. The highest BCUT2D eigenvalue weighted by atomic mass is 32.2. The summed E-state index contributed by atoms with van der Waals surface area (Å²) in [6, 6.07) is 22.4. The number of anilines is 3. The van der Waals surface area contributed by atoms with Gasteiger partial charge in [0.25, 0.3) is 30.3 Å². The van der Waals surface area contributed by atoms with E-state index in [1.54, 1.807) is 30.3 Å². The maximum atomic E-state index is 14.9. The lowest BCUT2D eigenvalue weighted by Crippen LogP contribution is -2.35. The number of sulfonamides is 1. The van der Waals surface area contributed by atoms with Crippen LogP contribution >= 0.6 is 0 Å². The molecule has 8 rings (SSSR count). The van der Waals surface area contributed by atoms with Crippen molar-refractivity contribution in [3.05, 3.63) is 119 Å². The summed E-state index contributed by atoms with van der Waals surface area (Å²) in [7, 11) is -14.1. The third-order valence-corrected chi connectivity index (χ3v) is 14.4. The normalized spacial score (nSPS) is 14.2. The number of aromatic nitrogens is 1. The summed E-state index contributed by atoms with van der Waals surface area (Å²) in [5.74, 6) is -2.82. The minimum Gasteiger partial charge on any atom is -0.478 e. The predicted molar refractivity (Wildman–Crippen MR) is 252 cm³/mol. The van der Waals surface area contributed by atoms with E-state index in [9.17, 15) is 54.3 Å². The summed E-state index contributed by atoms with van der Waals surface area (Å²) in [6.45, 7) is 9.96. The number of rotatable bonds is 13. The van der Waals surface area contributed by atoms with Crippen molar-refractivity contribution >= 4 is 81.6 Å². The van der Waals surface area contributed by atoms with E-state index < -0.39 is 62.1 Å². The van der Waals surface area contributed by atoms with Crippen molar-refractivity contribution in [1.29, 1.82) is 5.26 Å². The molecule has 21 heteroatoms. The molecule has 0 saturated carbocycles. The summed E-state index contributed by atoms with van der Waals surface area (Å²) in [6.07, 6.45) is 0.562. The molecule has 1 aliphatic carbocycles. The number of hydrogen-bond acceptors (Lipinski definition) is 14. The second-order valence-electron chi connectivity index (χ2n) is 18.0. The van der Waals surface area contributed by atoms with Crippen LogP contribution in [0.2, 0.25) is 0 Å². The molecule has 6 aromatic rings. The van der Waals surface area contributed by atoms with E-state index in [1.165, 1.54) is 42.5 Å². The number of aliphatic imine (C=N–C) groups is 1. The molecule has 6 N–H and O–H groups in total. The second kappa shape index (κ2) is 16.8. The van der Waals surface area contributed by atoms with Gasteiger partial charge in [0, 0.05) is 34.8 Å². The van der Waals surface area contributed by atoms with Crippen molar-refractivity contribution in [1.82, 2.24) is 9.71 Å². The maximum Gasteiger partial charge on any atom is 0.335 e. The zero-order valence-electron chi connectivity index (χ0n) is 36.9. The molecular weight excluding hydrogens is 937 g/mol. The number of carboxylic acid groups (broad SMARTS) is 1. The van der Waals surface area contributed by atoms with E-state index in [2.05, 4.69) is 20.3 Å². The molecule has 2 aliphatic rings. The number of hydrogen-bond donors (Lipinski definition) is 6. The van der Waals surface area contributed by atoms with Gasteiger partial charge < -0.3 is 20.5 Å². The Labute approximate surface area is 391 Å². The van der Waals surface area contributed by atoms with Crippen LogP contribution in [0.4, 0.5) is 22.9 Å². The SMILES string of the molecule is CC(C)(C)CC(C)(C)c1ccc(Oc2cc(Nc3ccc(S(=O)(=O)O)cc3)c3c4c(c(C5=Nc6ccc(C(=O)O)cc6S(=O)(=O)N5)c(NCCC#N)nc24)-c2ccccc2C3=O)c(S(=O)(=O)O)c1. The van der Waals surface area contributed by atoms with E-state index in [0.717, 1.165) is 18.2 Å². The summed E-state index contributed by atoms with van der Waals surface area (Å²) in [5, 5.41) is 25.5. The molecule has 0 saturated heterocycles. The Bertz CT molecular complexity index is 3580. The van der Waals surface area contributed by atoms with Crippen LogP contribution in [-0.4, -0.2) is 68.6 Å². The van der Waals surface area contributed by atoms with E-state index in [0.29, 0.717) is 12.0 Å². The fourth-order valence-electron chi connectivity index (χ4n) is 8.74. The van der Waals surface area contributed by atoms with Gasteiger partial charge >= 0.3 is 5.97 Å². The zero-order chi connectivity index (χ0) is 49.3. The molecule has 0 fully saturated rings. The fraction of sp³-hybridized carbons (Fsp3) is 0.213. The average molecular weight is 979 g/mol. The van der Waals surface area contributed by atoms with Gasteiger partial charge in [0.2, 0.25) is 0 Å². The highest BCUT2D eigenvalue weighted by molar-refractivity contribution is 7.90. The van der Waals surface area contributed by atoms with Crippen LogP contribution in [-0.2, 0) is 35.7 Å². The number of carboxylic acids is 1. The number of amidine groups is 1. The molecule has 5 aromatic carbocycles. The molecule has 350 valence electrons. The van der Waals surface area contributed by atoms with Gasteiger partial charge in [0.15, 0.2) is 17.4 Å². The van der Waals surface area contributed by atoms with Gasteiger partial charge in [-0.1, -0.05) is 65.0 Å². The molecule has 0 amide bonds.